The van der Waals surface area contributed by atoms with Gasteiger partial charge in [0, 0.05) is 25.5 Å². The number of rotatable bonds is 8. The van der Waals surface area contributed by atoms with Gasteiger partial charge in [-0.05, 0) is 51.6 Å². The molecule has 2 unspecified atom stereocenters. The van der Waals surface area contributed by atoms with Crippen molar-refractivity contribution in [2.45, 2.75) is 51.9 Å². The highest BCUT2D eigenvalue weighted by molar-refractivity contribution is 5.81. The van der Waals surface area contributed by atoms with Gasteiger partial charge in [-0.1, -0.05) is 13.3 Å². The third kappa shape index (κ3) is 5.49. The number of carbonyl (C=O) groups excluding carboxylic acids is 1. The van der Waals surface area contributed by atoms with Gasteiger partial charge in [0.25, 0.3) is 0 Å². The average Bonchev–Trinajstić information content (AvgIpc) is 2.37. The van der Waals surface area contributed by atoms with Crippen LogP contribution in [0.25, 0.3) is 0 Å². The van der Waals surface area contributed by atoms with Gasteiger partial charge in [0.05, 0.1) is 0 Å². The average molecular weight is 255 g/mol. The second-order valence-corrected chi connectivity index (χ2v) is 5.76. The van der Waals surface area contributed by atoms with Crippen LogP contribution in [0.3, 0.4) is 0 Å². The number of aliphatic hydroxyl groups excluding tert-OH is 1. The molecule has 3 heteroatoms. The number of ketones is 1. The summed E-state index contributed by atoms with van der Waals surface area (Å²) in [7, 11) is 2.11. The fraction of sp³-hybridized carbons (Fsp3) is 0.933. The summed E-state index contributed by atoms with van der Waals surface area (Å²) < 4.78 is 0. The van der Waals surface area contributed by atoms with Gasteiger partial charge in [0.2, 0.25) is 0 Å². The van der Waals surface area contributed by atoms with Crippen molar-refractivity contribution in [1.29, 1.82) is 0 Å². The number of carbonyl (C=O) groups is 1. The summed E-state index contributed by atoms with van der Waals surface area (Å²) in [4.78, 5) is 14.2. The van der Waals surface area contributed by atoms with E-state index >= 15 is 0 Å². The largest absolute Gasteiger partial charge is 0.396 e. The normalized spacial score (nSPS) is 24.8. The van der Waals surface area contributed by atoms with E-state index in [1.807, 2.05) is 0 Å². The third-order valence-corrected chi connectivity index (χ3v) is 4.18. The maximum atomic E-state index is 11.9. The minimum absolute atomic E-state index is 0.270. The van der Waals surface area contributed by atoms with Crippen LogP contribution in [0.5, 0.6) is 0 Å². The van der Waals surface area contributed by atoms with Crippen LogP contribution in [-0.4, -0.2) is 42.5 Å². The van der Waals surface area contributed by atoms with Crippen molar-refractivity contribution >= 4 is 5.78 Å². The molecule has 1 N–H and O–H groups in total. The highest BCUT2D eigenvalue weighted by Gasteiger charge is 2.28. The quantitative estimate of drug-likeness (QED) is 0.677. The van der Waals surface area contributed by atoms with E-state index in [0.717, 1.165) is 57.5 Å². The minimum Gasteiger partial charge on any atom is -0.396 e. The number of nitrogens with zero attached hydrogens (tertiary/aromatic N) is 1. The zero-order valence-electron chi connectivity index (χ0n) is 12.0. The Hall–Kier alpha value is -0.410. The summed E-state index contributed by atoms with van der Waals surface area (Å²) in [6, 6.07) is 0. The molecule has 1 aliphatic rings. The van der Waals surface area contributed by atoms with Gasteiger partial charge in [0.15, 0.2) is 0 Å². The summed E-state index contributed by atoms with van der Waals surface area (Å²) in [5.41, 5.74) is 0. The second-order valence-electron chi connectivity index (χ2n) is 5.76. The Morgan fingerprint density at radius 2 is 2.11 bits per heavy atom. The Morgan fingerprint density at radius 1 is 1.33 bits per heavy atom. The predicted molar refractivity (Wildman–Crippen MR) is 74.6 cm³/mol. The molecule has 1 rings (SSSR count). The summed E-state index contributed by atoms with van der Waals surface area (Å²) in [5.74, 6) is 1.50. The monoisotopic (exact) mass is 255 g/mol. The molecule has 3 nitrogen and oxygen atoms in total. The maximum Gasteiger partial charge on any atom is 0.137 e. The molecule has 0 heterocycles. The van der Waals surface area contributed by atoms with Crippen LogP contribution in [0.1, 0.15) is 51.9 Å². The molecule has 0 aromatic rings. The van der Waals surface area contributed by atoms with Crippen LogP contribution >= 0.6 is 0 Å². The standard InChI is InChI=1S/C15H29NO2/c1-3-13-7-8-15(18)14(11-13)12-16(2)9-5-4-6-10-17/h13-14,17H,3-12H2,1-2H3. The van der Waals surface area contributed by atoms with Gasteiger partial charge >= 0.3 is 0 Å². The Labute approximate surface area is 112 Å². The number of unbranched alkanes of at least 4 members (excludes halogenated alkanes) is 2. The molecular weight excluding hydrogens is 226 g/mol. The first kappa shape index (κ1) is 15.6. The van der Waals surface area contributed by atoms with E-state index in [2.05, 4.69) is 18.9 Å². The second kappa shape index (κ2) is 8.65. The Bertz CT molecular complexity index is 243. The number of hydrogen-bond donors (Lipinski definition) is 1. The van der Waals surface area contributed by atoms with Gasteiger partial charge in [-0.15, -0.1) is 0 Å². The lowest BCUT2D eigenvalue weighted by atomic mass is 9.79. The molecule has 0 aromatic heterocycles. The molecule has 2 atom stereocenters. The SMILES string of the molecule is CCC1CCC(=O)C(CN(C)CCCCCO)C1. The first-order valence-electron chi connectivity index (χ1n) is 7.49. The lowest BCUT2D eigenvalue weighted by Gasteiger charge is -2.30. The molecule has 0 aliphatic heterocycles. The van der Waals surface area contributed by atoms with Crippen molar-refractivity contribution in [2.24, 2.45) is 11.8 Å². The lowest BCUT2D eigenvalue weighted by Crippen LogP contribution is -2.35. The van der Waals surface area contributed by atoms with Crippen LogP contribution in [0.4, 0.5) is 0 Å². The first-order valence-corrected chi connectivity index (χ1v) is 7.49. The van der Waals surface area contributed by atoms with Crippen molar-refractivity contribution in [3.63, 3.8) is 0 Å². The van der Waals surface area contributed by atoms with Crippen molar-refractivity contribution < 1.29 is 9.90 Å². The van der Waals surface area contributed by atoms with Gasteiger partial charge in [-0.3, -0.25) is 4.79 Å². The molecule has 1 saturated carbocycles. The molecule has 106 valence electrons. The smallest absolute Gasteiger partial charge is 0.137 e. The summed E-state index contributed by atoms with van der Waals surface area (Å²) in [5, 5.41) is 8.73. The zero-order valence-corrected chi connectivity index (χ0v) is 12.0. The van der Waals surface area contributed by atoms with Crippen molar-refractivity contribution in [3.8, 4) is 0 Å². The van der Waals surface area contributed by atoms with E-state index in [-0.39, 0.29) is 5.92 Å². The van der Waals surface area contributed by atoms with E-state index in [9.17, 15) is 4.79 Å². The number of Topliss-reactive ketones (excluding diaryl/α,β-unsaturated/α-hetero) is 1. The maximum absolute atomic E-state index is 11.9. The third-order valence-electron chi connectivity index (χ3n) is 4.18. The van der Waals surface area contributed by atoms with Gasteiger partial charge in [-0.25, -0.2) is 0 Å². The Morgan fingerprint density at radius 3 is 2.78 bits per heavy atom. The molecule has 18 heavy (non-hydrogen) atoms. The van der Waals surface area contributed by atoms with E-state index in [4.69, 9.17) is 5.11 Å². The molecule has 0 amide bonds. The molecule has 0 spiro atoms. The molecule has 1 fully saturated rings. The van der Waals surface area contributed by atoms with Crippen LogP contribution in [0, 0.1) is 11.8 Å². The molecule has 0 bridgehead atoms. The minimum atomic E-state index is 0.270. The number of hydrogen-bond acceptors (Lipinski definition) is 3. The summed E-state index contributed by atoms with van der Waals surface area (Å²) in [6.45, 7) is 4.49. The molecular formula is C15H29NO2. The van der Waals surface area contributed by atoms with Crippen LogP contribution in [-0.2, 0) is 4.79 Å². The van der Waals surface area contributed by atoms with Crippen molar-refractivity contribution in [2.75, 3.05) is 26.7 Å². The molecule has 1 aliphatic carbocycles. The molecule has 0 saturated heterocycles. The van der Waals surface area contributed by atoms with E-state index in [1.54, 1.807) is 0 Å². The highest BCUT2D eigenvalue weighted by Crippen LogP contribution is 2.29. The Kier molecular flexibility index (Phi) is 7.52. The van der Waals surface area contributed by atoms with E-state index in [0.29, 0.717) is 12.4 Å². The van der Waals surface area contributed by atoms with Crippen LogP contribution < -0.4 is 0 Å². The van der Waals surface area contributed by atoms with Crippen LogP contribution in [0.2, 0.25) is 0 Å². The molecule has 0 radical (unpaired) electrons. The molecule has 0 aromatic carbocycles. The number of aliphatic hydroxyl groups is 1. The Balaban J connectivity index is 2.24. The van der Waals surface area contributed by atoms with Crippen LogP contribution in [0.15, 0.2) is 0 Å². The van der Waals surface area contributed by atoms with Gasteiger partial charge < -0.3 is 10.0 Å². The van der Waals surface area contributed by atoms with Crippen molar-refractivity contribution in [1.82, 2.24) is 4.90 Å². The summed E-state index contributed by atoms with van der Waals surface area (Å²) in [6.07, 6.45) is 7.30. The first-order chi connectivity index (χ1) is 8.67. The van der Waals surface area contributed by atoms with E-state index < -0.39 is 0 Å². The summed E-state index contributed by atoms with van der Waals surface area (Å²) >= 11 is 0. The van der Waals surface area contributed by atoms with E-state index in [1.165, 1.54) is 6.42 Å². The zero-order chi connectivity index (χ0) is 13.4. The van der Waals surface area contributed by atoms with Gasteiger partial charge in [-0.2, -0.15) is 0 Å². The topological polar surface area (TPSA) is 40.5 Å². The fourth-order valence-electron chi connectivity index (χ4n) is 2.89. The van der Waals surface area contributed by atoms with Crippen molar-refractivity contribution in [3.05, 3.63) is 0 Å². The highest BCUT2D eigenvalue weighted by atomic mass is 16.2. The fourth-order valence-corrected chi connectivity index (χ4v) is 2.89. The predicted octanol–water partition coefficient (Wildman–Crippen LogP) is 2.48. The lowest BCUT2D eigenvalue weighted by molar-refractivity contribution is -0.126. The van der Waals surface area contributed by atoms with Gasteiger partial charge in [0.1, 0.15) is 5.78 Å².